The van der Waals surface area contributed by atoms with E-state index in [1.54, 1.807) is 16.7 Å². The Morgan fingerprint density at radius 2 is 2.18 bits per heavy atom. The highest BCUT2D eigenvalue weighted by Crippen LogP contribution is 2.32. The molecule has 11 heavy (non-hydrogen) atoms. The Bertz CT molecular complexity index is 394. The van der Waals surface area contributed by atoms with E-state index in [1.807, 2.05) is 18.2 Å². The molecule has 1 nitrogen and oxygen atoms in total. The Hall–Kier alpha value is -0.540. The standard InChI is InChI=1S/C8H5BrOS/c9-5-1-2-6-7(10)4-11-8(6)3-5/h1-4,10H. The molecular formula is C8H5BrOS. The van der Waals surface area contributed by atoms with Crippen molar-refractivity contribution < 1.29 is 5.11 Å². The number of benzene rings is 1. The highest BCUT2D eigenvalue weighted by atomic mass is 79.9. The van der Waals surface area contributed by atoms with Crippen LogP contribution in [0.5, 0.6) is 5.75 Å². The first-order valence-corrected chi connectivity index (χ1v) is 4.80. The van der Waals surface area contributed by atoms with Gasteiger partial charge in [-0.25, -0.2) is 0 Å². The highest BCUT2D eigenvalue weighted by molar-refractivity contribution is 9.10. The smallest absolute Gasteiger partial charge is 0.134 e. The lowest BCUT2D eigenvalue weighted by atomic mass is 10.2. The van der Waals surface area contributed by atoms with Gasteiger partial charge in [0.15, 0.2) is 0 Å². The minimum Gasteiger partial charge on any atom is -0.506 e. The summed E-state index contributed by atoms with van der Waals surface area (Å²) in [7, 11) is 0. The number of thiophene rings is 1. The summed E-state index contributed by atoms with van der Waals surface area (Å²) in [6.07, 6.45) is 0. The van der Waals surface area contributed by atoms with Crippen molar-refractivity contribution in [1.29, 1.82) is 0 Å². The fraction of sp³-hybridized carbons (Fsp3) is 0. The summed E-state index contributed by atoms with van der Waals surface area (Å²) in [5.41, 5.74) is 0. The minimum absolute atomic E-state index is 0.373. The van der Waals surface area contributed by atoms with E-state index in [1.165, 1.54) is 0 Å². The number of hydrogen-bond donors (Lipinski definition) is 1. The minimum atomic E-state index is 0.373. The summed E-state index contributed by atoms with van der Waals surface area (Å²) < 4.78 is 2.16. The van der Waals surface area contributed by atoms with E-state index >= 15 is 0 Å². The predicted octanol–water partition coefficient (Wildman–Crippen LogP) is 3.37. The molecule has 0 spiro atoms. The zero-order valence-electron chi connectivity index (χ0n) is 5.54. The van der Waals surface area contributed by atoms with Crippen LogP contribution in [0.2, 0.25) is 0 Å². The quantitative estimate of drug-likeness (QED) is 0.734. The van der Waals surface area contributed by atoms with Crippen LogP contribution in [0.3, 0.4) is 0 Å². The van der Waals surface area contributed by atoms with Gasteiger partial charge in [-0.15, -0.1) is 11.3 Å². The monoisotopic (exact) mass is 228 g/mol. The van der Waals surface area contributed by atoms with E-state index in [-0.39, 0.29) is 0 Å². The van der Waals surface area contributed by atoms with Crippen molar-refractivity contribution in [3.63, 3.8) is 0 Å². The van der Waals surface area contributed by atoms with Gasteiger partial charge in [-0.1, -0.05) is 15.9 Å². The maximum Gasteiger partial charge on any atom is 0.134 e. The highest BCUT2D eigenvalue weighted by Gasteiger charge is 2.00. The Morgan fingerprint density at radius 1 is 1.36 bits per heavy atom. The fourth-order valence-corrected chi connectivity index (χ4v) is 2.36. The molecule has 0 aliphatic heterocycles. The van der Waals surface area contributed by atoms with Crippen molar-refractivity contribution in [1.82, 2.24) is 0 Å². The van der Waals surface area contributed by atoms with Gasteiger partial charge in [-0.05, 0) is 18.2 Å². The third kappa shape index (κ3) is 1.14. The molecule has 0 radical (unpaired) electrons. The first kappa shape index (κ1) is 7.13. The number of halogens is 1. The SMILES string of the molecule is Oc1csc2cc(Br)ccc12. The molecule has 0 aliphatic carbocycles. The van der Waals surface area contributed by atoms with E-state index in [9.17, 15) is 5.11 Å². The van der Waals surface area contributed by atoms with Crippen LogP contribution in [0.4, 0.5) is 0 Å². The van der Waals surface area contributed by atoms with Crippen LogP contribution in [-0.2, 0) is 0 Å². The molecule has 2 rings (SSSR count). The lowest BCUT2D eigenvalue weighted by Crippen LogP contribution is -1.63. The average molecular weight is 229 g/mol. The second-order valence-electron chi connectivity index (χ2n) is 2.26. The van der Waals surface area contributed by atoms with Crippen molar-refractivity contribution in [2.45, 2.75) is 0 Å². The van der Waals surface area contributed by atoms with Crippen LogP contribution in [0.15, 0.2) is 28.1 Å². The van der Waals surface area contributed by atoms with Gasteiger partial charge >= 0.3 is 0 Å². The summed E-state index contributed by atoms with van der Waals surface area (Å²) >= 11 is 4.91. The number of rotatable bonds is 0. The Balaban J connectivity index is 2.86. The number of fused-ring (bicyclic) bond motifs is 1. The molecule has 0 unspecified atom stereocenters. The molecule has 0 bridgehead atoms. The van der Waals surface area contributed by atoms with E-state index in [2.05, 4.69) is 15.9 Å². The normalized spacial score (nSPS) is 10.6. The summed E-state index contributed by atoms with van der Waals surface area (Å²) in [4.78, 5) is 0. The second kappa shape index (κ2) is 2.50. The van der Waals surface area contributed by atoms with E-state index in [0.29, 0.717) is 5.75 Å². The largest absolute Gasteiger partial charge is 0.506 e. The van der Waals surface area contributed by atoms with Crippen molar-refractivity contribution in [3.05, 3.63) is 28.1 Å². The number of hydrogen-bond acceptors (Lipinski definition) is 2. The van der Waals surface area contributed by atoms with Gasteiger partial charge in [0.1, 0.15) is 5.75 Å². The average Bonchev–Trinajstić information content (AvgIpc) is 2.32. The molecule has 2 aromatic rings. The van der Waals surface area contributed by atoms with Crippen LogP contribution in [0.25, 0.3) is 10.1 Å². The van der Waals surface area contributed by atoms with Gasteiger partial charge < -0.3 is 5.11 Å². The van der Waals surface area contributed by atoms with Gasteiger partial charge in [0, 0.05) is 19.9 Å². The van der Waals surface area contributed by atoms with Crippen LogP contribution < -0.4 is 0 Å². The third-order valence-corrected chi connectivity index (χ3v) is 2.94. The Kier molecular flexibility index (Phi) is 1.62. The summed E-state index contributed by atoms with van der Waals surface area (Å²) in [6, 6.07) is 5.83. The molecule has 1 aromatic heterocycles. The van der Waals surface area contributed by atoms with E-state index in [4.69, 9.17) is 0 Å². The molecule has 0 saturated carbocycles. The van der Waals surface area contributed by atoms with Crippen LogP contribution in [0.1, 0.15) is 0 Å². The molecule has 0 amide bonds. The zero-order valence-corrected chi connectivity index (χ0v) is 7.95. The molecule has 0 aliphatic rings. The van der Waals surface area contributed by atoms with Crippen molar-refractivity contribution in [3.8, 4) is 5.75 Å². The number of aromatic hydroxyl groups is 1. The second-order valence-corrected chi connectivity index (χ2v) is 4.09. The molecule has 0 fully saturated rings. The molecule has 0 atom stereocenters. The first-order valence-electron chi connectivity index (χ1n) is 3.13. The van der Waals surface area contributed by atoms with Gasteiger partial charge in [-0.2, -0.15) is 0 Å². The van der Waals surface area contributed by atoms with Gasteiger partial charge in [0.05, 0.1) is 0 Å². The van der Waals surface area contributed by atoms with Crippen LogP contribution in [-0.4, -0.2) is 5.11 Å². The lowest BCUT2D eigenvalue weighted by Gasteiger charge is -1.90. The van der Waals surface area contributed by atoms with Crippen molar-refractivity contribution in [2.24, 2.45) is 0 Å². The molecule has 56 valence electrons. The first-order chi connectivity index (χ1) is 5.27. The van der Waals surface area contributed by atoms with Gasteiger partial charge in [-0.3, -0.25) is 0 Å². The van der Waals surface area contributed by atoms with Crippen LogP contribution >= 0.6 is 27.3 Å². The summed E-state index contributed by atoms with van der Waals surface area (Å²) in [6.45, 7) is 0. The maximum absolute atomic E-state index is 9.30. The molecule has 1 heterocycles. The van der Waals surface area contributed by atoms with Crippen molar-refractivity contribution in [2.75, 3.05) is 0 Å². The summed E-state index contributed by atoms with van der Waals surface area (Å²) in [5, 5.41) is 12.0. The molecular weight excluding hydrogens is 224 g/mol. The molecule has 1 N–H and O–H groups in total. The van der Waals surface area contributed by atoms with Gasteiger partial charge in [0.2, 0.25) is 0 Å². The third-order valence-electron chi connectivity index (χ3n) is 1.52. The van der Waals surface area contributed by atoms with Gasteiger partial charge in [0.25, 0.3) is 0 Å². The van der Waals surface area contributed by atoms with Crippen molar-refractivity contribution >= 4 is 37.4 Å². The molecule has 3 heteroatoms. The maximum atomic E-state index is 9.30. The van der Waals surface area contributed by atoms with Crippen LogP contribution in [0, 0.1) is 0 Å². The molecule has 0 saturated heterocycles. The summed E-state index contributed by atoms with van der Waals surface area (Å²) in [5.74, 6) is 0.373. The molecule has 1 aromatic carbocycles. The fourth-order valence-electron chi connectivity index (χ4n) is 0.988. The predicted molar refractivity (Wildman–Crippen MR) is 51.2 cm³/mol. The van der Waals surface area contributed by atoms with E-state index < -0.39 is 0 Å². The van der Waals surface area contributed by atoms with E-state index in [0.717, 1.165) is 14.6 Å². The Labute approximate surface area is 76.4 Å². The zero-order chi connectivity index (χ0) is 7.84. The lowest BCUT2D eigenvalue weighted by molar-refractivity contribution is 0.483. The topological polar surface area (TPSA) is 20.2 Å². The Morgan fingerprint density at radius 3 is 3.00 bits per heavy atom.